The molecule has 18 heavy (non-hydrogen) atoms. The number of hydrogen-bond donors (Lipinski definition) is 1. The van der Waals surface area contributed by atoms with E-state index >= 15 is 0 Å². The molecule has 0 fully saturated rings. The molecule has 5 nitrogen and oxygen atoms in total. The number of nitrogens with zero attached hydrogens (tertiary/aromatic N) is 1. The zero-order chi connectivity index (χ0) is 13.2. The van der Waals surface area contributed by atoms with Crippen LogP contribution in [0.5, 0.6) is 0 Å². The zero-order valence-electron chi connectivity index (χ0n) is 10.7. The Morgan fingerprint density at radius 1 is 1.39 bits per heavy atom. The second-order valence-corrected chi connectivity index (χ2v) is 4.07. The molecule has 1 aromatic rings. The van der Waals surface area contributed by atoms with Gasteiger partial charge in [0.25, 0.3) is 5.69 Å². The molecule has 5 heteroatoms. The minimum Gasteiger partial charge on any atom is -0.380 e. The van der Waals surface area contributed by atoms with Crippen molar-refractivity contribution in [1.82, 2.24) is 5.32 Å². The molecular formula is C13H20N2O3. The number of ether oxygens (including phenoxy) is 1. The highest BCUT2D eigenvalue weighted by atomic mass is 16.6. The molecule has 0 heterocycles. The van der Waals surface area contributed by atoms with Gasteiger partial charge in [-0.2, -0.15) is 0 Å². The summed E-state index contributed by atoms with van der Waals surface area (Å²) in [5, 5.41) is 13.8. The monoisotopic (exact) mass is 252 g/mol. The van der Waals surface area contributed by atoms with Crippen molar-refractivity contribution in [3.05, 3.63) is 39.9 Å². The Labute approximate surface area is 107 Å². The summed E-state index contributed by atoms with van der Waals surface area (Å²) in [6.07, 6.45) is 2.23. The third-order valence-corrected chi connectivity index (χ3v) is 2.52. The van der Waals surface area contributed by atoms with Gasteiger partial charge in [0, 0.05) is 31.8 Å². The molecule has 0 saturated carbocycles. The summed E-state index contributed by atoms with van der Waals surface area (Å²) in [4.78, 5) is 10.2. The maximum Gasteiger partial charge on any atom is 0.269 e. The third-order valence-electron chi connectivity index (χ3n) is 2.52. The molecule has 0 aliphatic carbocycles. The average Bonchev–Trinajstić information content (AvgIpc) is 2.38. The van der Waals surface area contributed by atoms with Crippen molar-refractivity contribution in [1.29, 1.82) is 0 Å². The number of nitro benzene ring substituents is 1. The predicted octanol–water partition coefficient (Wildman–Crippen LogP) is 2.50. The molecule has 1 N–H and O–H groups in total. The van der Waals surface area contributed by atoms with Crippen molar-refractivity contribution < 1.29 is 9.66 Å². The third kappa shape index (κ3) is 5.75. The van der Waals surface area contributed by atoms with Gasteiger partial charge >= 0.3 is 0 Å². The average molecular weight is 252 g/mol. The van der Waals surface area contributed by atoms with Crippen LogP contribution in [0, 0.1) is 10.1 Å². The van der Waals surface area contributed by atoms with Gasteiger partial charge in [-0.05, 0) is 12.0 Å². The van der Waals surface area contributed by atoms with E-state index < -0.39 is 0 Å². The molecule has 100 valence electrons. The maximum absolute atomic E-state index is 10.6. The lowest BCUT2D eigenvalue weighted by Crippen LogP contribution is -2.19. The molecule has 0 aliphatic rings. The van der Waals surface area contributed by atoms with Gasteiger partial charge in [-0.3, -0.25) is 10.1 Å². The second kappa shape index (κ2) is 8.60. The number of benzene rings is 1. The Bertz CT molecular complexity index is 369. The molecule has 0 radical (unpaired) electrons. The van der Waals surface area contributed by atoms with E-state index in [0.717, 1.165) is 31.6 Å². The zero-order valence-corrected chi connectivity index (χ0v) is 10.7. The Balaban J connectivity index is 2.19. The van der Waals surface area contributed by atoms with Gasteiger partial charge in [0.05, 0.1) is 11.5 Å². The van der Waals surface area contributed by atoms with Crippen LogP contribution >= 0.6 is 0 Å². The van der Waals surface area contributed by atoms with Gasteiger partial charge in [0.15, 0.2) is 0 Å². The number of unbranched alkanes of at least 4 members (excludes halogenated alkanes) is 1. The van der Waals surface area contributed by atoms with Crippen molar-refractivity contribution in [3.8, 4) is 0 Å². The Morgan fingerprint density at radius 3 is 2.94 bits per heavy atom. The van der Waals surface area contributed by atoms with Crippen LogP contribution < -0.4 is 5.32 Å². The number of nitrogens with one attached hydrogen (secondary N) is 1. The van der Waals surface area contributed by atoms with E-state index in [0.29, 0.717) is 13.2 Å². The lowest BCUT2D eigenvalue weighted by atomic mass is 10.2. The minimum absolute atomic E-state index is 0.133. The normalized spacial score (nSPS) is 10.5. The summed E-state index contributed by atoms with van der Waals surface area (Å²) in [5.74, 6) is 0. The van der Waals surface area contributed by atoms with Gasteiger partial charge < -0.3 is 10.1 Å². The lowest BCUT2D eigenvalue weighted by molar-refractivity contribution is -0.384. The first kappa shape index (κ1) is 14.6. The van der Waals surface area contributed by atoms with Gasteiger partial charge in [-0.15, -0.1) is 0 Å². The molecule has 0 atom stereocenters. The van der Waals surface area contributed by atoms with Gasteiger partial charge in [0.1, 0.15) is 0 Å². The molecule has 0 amide bonds. The SMILES string of the molecule is CCCCOCCNCc1cccc([N+](=O)[O-])c1. The van der Waals surface area contributed by atoms with E-state index in [1.165, 1.54) is 6.07 Å². The van der Waals surface area contributed by atoms with Crippen molar-refractivity contribution >= 4 is 5.69 Å². The number of nitro groups is 1. The van der Waals surface area contributed by atoms with E-state index in [-0.39, 0.29) is 10.6 Å². The van der Waals surface area contributed by atoms with E-state index in [1.807, 2.05) is 6.07 Å². The van der Waals surface area contributed by atoms with Crippen molar-refractivity contribution in [3.63, 3.8) is 0 Å². The first-order valence-electron chi connectivity index (χ1n) is 6.26. The molecule has 0 aromatic heterocycles. The largest absolute Gasteiger partial charge is 0.380 e. The van der Waals surface area contributed by atoms with Crippen molar-refractivity contribution in [2.24, 2.45) is 0 Å². The first-order chi connectivity index (χ1) is 8.74. The Hall–Kier alpha value is -1.46. The van der Waals surface area contributed by atoms with Crippen molar-refractivity contribution in [2.45, 2.75) is 26.3 Å². The van der Waals surface area contributed by atoms with Gasteiger partial charge in [-0.1, -0.05) is 25.5 Å². The molecule has 1 aromatic carbocycles. The fourth-order valence-corrected chi connectivity index (χ4v) is 1.51. The predicted molar refractivity (Wildman–Crippen MR) is 70.5 cm³/mol. The van der Waals surface area contributed by atoms with Crippen LogP contribution in [-0.4, -0.2) is 24.7 Å². The highest BCUT2D eigenvalue weighted by molar-refractivity contribution is 5.34. The van der Waals surface area contributed by atoms with Crippen LogP contribution in [0.4, 0.5) is 5.69 Å². The van der Waals surface area contributed by atoms with Crippen molar-refractivity contribution in [2.75, 3.05) is 19.8 Å². The van der Waals surface area contributed by atoms with Gasteiger partial charge in [-0.25, -0.2) is 0 Å². The Morgan fingerprint density at radius 2 is 2.22 bits per heavy atom. The van der Waals surface area contributed by atoms with E-state index in [1.54, 1.807) is 12.1 Å². The fraction of sp³-hybridized carbons (Fsp3) is 0.538. The molecule has 0 unspecified atom stereocenters. The second-order valence-electron chi connectivity index (χ2n) is 4.07. The summed E-state index contributed by atoms with van der Waals surface area (Å²) in [6, 6.07) is 6.66. The van der Waals surface area contributed by atoms with E-state index in [2.05, 4.69) is 12.2 Å². The highest BCUT2D eigenvalue weighted by Gasteiger charge is 2.04. The topological polar surface area (TPSA) is 64.4 Å². The van der Waals surface area contributed by atoms with Crippen LogP contribution in [0.1, 0.15) is 25.3 Å². The van der Waals surface area contributed by atoms with E-state index in [4.69, 9.17) is 4.74 Å². The van der Waals surface area contributed by atoms with E-state index in [9.17, 15) is 10.1 Å². The summed E-state index contributed by atoms with van der Waals surface area (Å²) in [6.45, 7) is 4.99. The fourth-order valence-electron chi connectivity index (χ4n) is 1.51. The summed E-state index contributed by atoms with van der Waals surface area (Å²) >= 11 is 0. The smallest absolute Gasteiger partial charge is 0.269 e. The molecule has 1 rings (SSSR count). The van der Waals surface area contributed by atoms with Gasteiger partial charge in [0.2, 0.25) is 0 Å². The minimum atomic E-state index is -0.378. The Kier molecular flexibility index (Phi) is 6.98. The summed E-state index contributed by atoms with van der Waals surface area (Å²) in [7, 11) is 0. The highest BCUT2D eigenvalue weighted by Crippen LogP contribution is 2.12. The molecular weight excluding hydrogens is 232 g/mol. The molecule has 0 saturated heterocycles. The summed E-state index contributed by atoms with van der Waals surface area (Å²) < 4.78 is 5.40. The van der Waals surface area contributed by atoms with Crippen LogP contribution in [0.3, 0.4) is 0 Å². The standard InChI is InChI=1S/C13H20N2O3/c1-2-3-8-18-9-7-14-11-12-5-4-6-13(10-12)15(16)17/h4-6,10,14H,2-3,7-9,11H2,1H3. The first-order valence-corrected chi connectivity index (χ1v) is 6.26. The molecule has 0 aliphatic heterocycles. The quantitative estimate of drug-likeness (QED) is 0.416. The molecule has 0 bridgehead atoms. The summed E-state index contributed by atoms with van der Waals surface area (Å²) in [5.41, 5.74) is 1.05. The number of rotatable bonds is 9. The lowest BCUT2D eigenvalue weighted by Gasteiger charge is -2.05. The molecule has 0 spiro atoms. The number of hydrogen-bond acceptors (Lipinski definition) is 4. The van der Waals surface area contributed by atoms with Crippen LogP contribution in [0.15, 0.2) is 24.3 Å². The maximum atomic E-state index is 10.6. The van der Waals surface area contributed by atoms with Crippen LogP contribution in [-0.2, 0) is 11.3 Å². The number of non-ortho nitro benzene ring substituents is 1. The van der Waals surface area contributed by atoms with Crippen LogP contribution in [0.25, 0.3) is 0 Å². The van der Waals surface area contributed by atoms with Crippen LogP contribution in [0.2, 0.25) is 0 Å².